The van der Waals surface area contributed by atoms with E-state index in [1.807, 2.05) is 5.38 Å². The van der Waals surface area contributed by atoms with E-state index in [9.17, 15) is 8.78 Å². The van der Waals surface area contributed by atoms with Crippen LogP contribution in [0.4, 0.5) is 8.78 Å². The number of aryl methyl sites for hydroxylation is 1. The van der Waals surface area contributed by atoms with Crippen LogP contribution in [-0.4, -0.2) is 4.98 Å². The van der Waals surface area contributed by atoms with Gasteiger partial charge >= 0.3 is 0 Å². The van der Waals surface area contributed by atoms with Gasteiger partial charge in [0.05, 0.1) is 10.7 Å². The van der Waals surface area contributed by atoms with Crippen molar-refractivity contribution in [1.29, 1.82) is 0 Å². The highest BCUT2D eigenvalue weighted by Crippen LogP contribution is 2.11. The molecular weight excluding hydrogens is 254 g/mol. The fraction of sp³-hybridized carbons (Fsp3) is 0.308. The minimum atomic E-state index is -0.814. The van der Waals surface area contributed by atoms with E-state index in [1.54, 1.807) is 17.4 Å². The molecule has 0 aliphatic heterocycles. The van der Waals surface area contributed by atoms with Gasteiger partial charge in [0.25, 0.3) is 0 Å². The van der Waals surface area contributed by atoms with Crippen molar-refractivity contribution in [2.45, 2.75) is 26.4 Å². The van der Waals surface area contributed by atoms with Crippen molar-refractivity contribution in [1.82, 2.24) is 10.3 Å². The van der Waals surface area contributed by atoms with Crippen LogP contribution in [-0.2, 0) is 19.5 Å². The van der Waals surface area contributed by atoms with Gasteiger partial charge in [-0.25, -0.2) is 13.8 Å². The number of thiazole rings is 1. The normalized spacial score (nSPS) is 10.8. The van der Waals surface area contributed by atoms with Crippen molar-refractivity contribution in [3.05, 3.63) is 51.5 Å². The van der Waals surface area contributed by atoms with Gasteiger partial charge in [0.15, 0.2) is 11.6 Å². The molecule has 0 atom stereocenters. The van der Waals surface area contributed by atoms with Crippen LogP contribution >= 0.6 is 11.3 Å². The van der Waals surface area contributed by atoms with Crippen LogP contribution in [0.2, 0.25) is 0 Å². The van der Waals surface area contributed by atoms with E-state index in [-0.39, 0.29) is 0 Å². The van der Waals surface area contributed by atoms with Crippen molar-refractivity contribution in [2.75, 3.05) is 0 Å². The first kappa shape index (κ1) is 13.1. The van der Waals surface area contributed by atoms with Crippen LogP contribution in [0.1, 0.15) is 23.2 Å². The second-order valence-electron chi connectivity index (χ2n) is 3.94. The summed E-state index contributed by atoms with van der Waals surface area (Å²) in [5.74, 6) is -1.62. The van der Waals surface area contributed by atoms with Crippen LogP contribution in [0.3, 0.4) is 0 Å². The molecule has 0 saturated carbocycles. The molecule has 1 heterocycles. The molecule has 1 aromatic heterocycles. The average Bonchev–Trinajstić information content (AvgIpc) is 2.82. The van der Waals surface area contributed by atoms with Gasteiger partial charge in [0.2, 0.25) is 0 Å². The highest BCUT2D eigenvalue weighted by Gasteiger charge is 2.03. The summed E-state index contributed by atoms with van der Waals surface area (Å²) in [5, 5.41) is 6.28. The van der Waals surface area contributed by atoms with Crippen LogP contribution in [0, 0.1) is 11.6 Å². The van der Waals surface area contributed by atoms with E-state index in [0.717, 1.165) is 28.8 Å². The molecule has 1 N–H and O–H groups in total. The smallest absolute Gasteiger partial charge is 0.159 e. The maximum absolute atomic E-state index is 13.0. The third-order valence-electron chi connectivity index (χ3n) is 2.52. The van der Waals surface area contributed by atoms with Crippen molar-refractivity contribution in [2.24, 2.45) is 0 Å². The minimum absolute atomic E-state index is 0.496. The molecule has 0 amide bonds. The van der Waals surface area contributed by atoms with E-state index >= 15 is 0 Å². The van der Waals surface area contributed by atoms with Gasteiger partial charge in [-0.3, -0.25) is 0 Å². The van der Waals surface area contributed by atoms with Gasteiger partial charge in [-0.05, 0) is 24.1 Å². The first-order chi connectivity index (χ1) is 8.69. The topological polar surface area (TPSA) is 24.9 Å². The number of benzene rings is 1. The molecule has 2 rings (SSSR count). The van der Waals surface area contributed by atoms with Crippen molar-refractivity contribution in [3.8, 4) is 0 Å². The second kappa shape index (κ2) is 6.02. The molecule has 0 aliphatic carbocycles. The standard InChI is InChI=1S/C13H14F2N2S/c1-2-13-17-10(8-18-13)7-16-6-9-3-4-11(14)12(15)5-9/h3-5,8,16H,2,6-7H2,1H3. The summed E-state index contributed by atoms with van der Waals surface area (Å²) >= 11 is 1.64. The summed E-state index contributed by atoms with van der Waals surface area (Å²) in [5.41, 5.74) is 1.71. The summed E-state index contributed by atoms with van der Waals surface area (Å²) in [6.45, 7) is 3.20. The summed E-state index contributed by atoms with van der Waals surface area (Å²) in [7, 11) is 0. The van der Waals surface area contributed by atoms with Gasteiger partial charge in [0.1, 0.15) is 0 Å². The SMILES string of the molecule is CCc1nc(CNCc2ccc(F)c(F)c2)cs1. The Kier molecular flexibility index (Phi) is 4.38. The van der Waals surface area contributed by atoms with E-state index in [1.165, 1.54) is 6.07 Å². The average molecular weight is 268 g/mol. The van der Waals surface area contributed by atoms with Gasteiger partial charge in [0, 0.05) is 18.5 Å². The summed E-state index contributed by atoms with van der Waals surface area (Å²) in [6.07, 6.45) is 0.938. The third-order valence-corrected chi connectivity index (χ3v) is 3.56. The van der Waals surface area contributed by atoms with E-state index in [0.29, 0.717) is 13.1 Å². The maximum atomic E-state index is 13.0. The monoisotopic (exact) mass is 268 g/mol. The maximum Gasteiger partial charge on any atom is 0.159 e. The zero-order valence-electron chi connectivity index (χ0n) is 10.0. The van der Waals surface area contributed by atoms with Crippen LogP contribution in [0.5, 0.6) is 0 Å². The van der Waals surface area contributed by atoms with E-state index in [4.69, 9.17) is 0 Å². The highest BCUT2D eigenvalue weighted by molar-refractivity contribution is 7.09. The number of nitrogens with one attached hydrogen (secondary N) is 1. The Morgan fingerprint density at radius 2 is 2.06 bits per heavy atom. The van der Waals surface area contributed by atoms with Crippen molar-refractivity contribution >= 4 is 11.3 Å². The predicted molar refractivity (Wildman–Crippen MR) is 68.4 cm³/mol. The molecule has 2 aromatic rings. The fourth-order valence-electron chi connectivity index (χ4n) is 1.58. The minimum Gasteiger partial charge on any atom is -0.307 e. The van der Waals surface area contributed by atoms with Crippen molar-refractivity contribution < 1.29 is 8.78 Å². The Morgan fingerprint density at radius 3 is 2.72 bits per heavy atom. The van der Waals surface area contributed by atoms with Crippen molar-refractivity contribution in [3.63, 3.8) is 0 Å². The lowest BCUT2D eigenvalue weighted by molar-refractivity contribution is 0.506. The molecule has 96 valence electrons. The number of rotatable bonds is 5. The molecule has 0 radical (unpaired) electrons. The number of hydrogen-bond donors (Lipinski definition) is 1. The highest BCUT2D eigenvalue weighted by atomic mass is 32.1. The molecule has 0 fully saturated rings. The molecular formula is C13H14F2N2S. The fourth-order valence-corrected chi connectivity index (χ4v) is 2.32. The molecule has 0 bridgehead atoms. The van der Waals surface area contributed by atoms with E-state index in [2.05, 4.69) is 17.2 Å². The predicted octanol–water partition coefficient (Wildman–Crippen LogP) is 3.27. The quantitative estimate of drug-likeness (QED) is 0.900. The first-order valence-corrected chi connectivity index (χ1v) is 6.65. The Bertz CT molecular complexity index is 525. The molecule has 0 unspecified atom stereocenters. The summed E-state index contributed by atoms with van der Waals surface area (Å²) in [4.78, 5) is 4.41. The molecule has 0 spiro atoms. The number of hydrogen-bond acceptors (Lipinski definition) is 3. The van der Waals surface area contributed by atoms with Crippen LogP contribution in [0.15, 0.2) is 23.6 Å². The van der Waals surface area contributed by atoms with Crippen LogP contribution < -0.4 is 5.32 Å². The number of halogens is 2. The zero-order valence-corrected chi connectivity index (χ0v) is 10.9. The van der Waals surface area contributed by atoms with E-state index < -0.39 is 11.6 Å². The van der Waals surface area contributed by atoms with Gasteiger partial charge in [-0.2, -0.15) is 0 Å². The largest absolute Gasteiger partial charge is 0.307 e. The molecule has 0 saturated heterocycles. The Morgan fingerprint density at radius 1 is 1.22 bits per heavy atom. The third kappa shape index (κ3) is 3.34. The second-order valence-corrected chi connectivity index (χ2v) is 4.88. The van der Waals surface area contributed by atoms with Gasteiger partial charge in [-0.1, -0.05) is 13.0 Å². The van der Waals surface area contributed by atoms with Gasteiger partial charge in [-0.15, -0.1) is 11.3 Å². The lowest BCUT2D eigenvalue weighted by atomic mass is 10.2. The molecule has 2 nitrogen and oxygen atoms in total. The van der Waals surface area contributed by atoms with Gasteiger partial charge < -0.3 is 5.32 Å². The molecule has 5 heteroatoms. The summed E-state index contributed by atoms with van der Waals surface area (Å²) < 4.78 is 25.7. The van der Waals surface area contributed by atoms with Crippen LogP contribution in [0.25, 0.3) is 0 Å². The summed E-state index contributed by atoms with van der Waals surface area (Å²) in [6, 6.07) is 3.93. The Labute approximate surface area is 109 Å². The lowest BCUT2D eigenvalue weighted by Gasteiger charge is -2.03. The first-order valence-electron chi connectivity index (χ1n) is 5.77. The molecule has 1 aromatic carbocycles. The zero-order chi connectivity index (χ0) is 13.0. The Hall–Kier alpha value is -1.33. The lowest BCUT2D eigenvalue weighted by Crippen LogP contribution is -2.13. The molecule has 0 aliphatic rings. The Balaban J connectivity index is 1.86. The number of nitrogens with zero attached hydrogens (tertiary/aromatic N) is 1. The number of aromatic nitrogens is 1. The molecule has 18 heavy (non-hydrogen) atoms.